The second kappa shape index (κ2) is 8.87. The van der Waals surface area contributed by atoms with E-state index in [1.54, 1.807) is 0 Å². The molecule has 0 heterocycles. The lowest BCUT2D eigenvalue weighted by molar-refractivity contribution is -0.122. The van der Waals surface area contributed by atoms with Crippen molar-refractivity contribution >= 4 is 18.3 Å². The standard InChI is InChI=1S/C14H20F2N2O.ClH/c1-2-11-3-5-12(6-4-11)7-8-13(19)18-10-14(15,16)9-17;/h3-6H,2,7-10,17H2,1H3,(H,18,19);1H. The molecule has 0 fully saturated rings. The van der Waals surface area contributed by atoms with Gasteiger partial charge in [-0.1, -0.05) is 31.2 Å². The van der Waals surface area contributed by atoms with E-state index in [0.717, 1.165) is 12.0 Å². The molecular weight excluding hydrogens is 286 g/mol. The van der Waals surface area contributed by atoms with E-state index in [2.05, 4.69) is 12.2 Å². The van der Waals surface area contributed by atoms with Crippen LogP contribution in [0.25, 0.3) is 0 Å². The van der Waals surface area contributed by atoms with Crippen LogP contribution in [-0.4, -0.2) is 24.9 Å². The molecule has 1 aromatic rings. The fraction of sp³-hybridized carbons (Fsp3) is 0.500. The fourth-order valence-electron chi connectivity index (χ4n) is 1.59. The monoisotopic (exact) mass is 306 g/mol. The first-order valence-electron chi connectivity index (χ1n) is 6.39. The van der Waals surface area contributed by atoms with Crippen LogP contribution in [-0.2, 0) is 17.6 Å². The van der Waals surface area contributed by atoms with Gasteiger partial charge in [-0.05, 0) is 24.0 Å². The second-order valence-electron chi connectivity index (χ2n) is 4.51. The first kappa shape index (κ1) is 18.8. The van der Waals surface area contributed by atoms with Gasteiger partial charge in [0, 0.05) is 6.42 Å². The number of aryl methyl sites for hydroxylation is 2. The molecule has 0 aromatic heterocycles. The van der Waals surface area contributed by atoms with Gasteiger partial charge in [-0.25, -0.2) is 8.78 Å². The molecule has 0 atom stereocenters. The van der Waals surface area contributed by atoms with E-state index in [4.69, 9.17) is 5.73 Å². The Morgan fingerprint density at radius 1 is 1.25 bits per heavy atom. The Bertz CT molecular complexity index is 410. The van der Waals surface area contributed by atoms with Crippen molar-refractivity contribution in [3.63, 3.8) is 0 Å². The Morgan fingerprint density at radius 2 is 1.80 bits per heavy atom. The summed E-state index contributed by atoms with van der Waals surface area (Å²) in [5.74, 6) is -3.41. The van der Waals surface area contributed by atoms with Crippen molar-refractivity contribution in [3.05, 3.63) is 35.4 Å². The lowest BCUT2D eigenvalue weighted by atomic mass is 10.1. The van der Waals surface area contributed by atoms with Gasteiger partial charge < -0.3 is 11.1 Å². The lowest BCUT2D eigenvalue weighted by Crippen LogP contribution is -2.41. The summed E-state index contributed by atoms with van der Waals surface area (Å²) >= 11 is 0. The SMILES string of the molecule is CCc1ccc(CCC(=O)NCC(F)(F)CN)cc1.Cl. The Hall–Kier alpha value is -1.20. The summed E-state index contributed by atoms with van der Waals surface area (Å²) in [6.45, 7) is 0.614. The van der Waals surface area contributed by atoms with Gasteiger partial charge in [0.25, 0.3) is 5.92 Å². The first-order chi connectivity index (χ1) is 8.96. The highest BCUT2D eigenvalue weighted by molar-refractivity contribution is 5.85. The van der Waals surface area contributed by atoms with Crippen LogP contribution in [0.3, 0.4) is 0 Å². The third-order valence-electron chi connectivity index (χ3n) is 2.91. The molecule has 0 spiro atoms. The van der Waals surface area contributed by atoms with E-state index in [9.17, 15) is 13.6 Å². The van der Waals surface area contributed by atoms with Crippen molar-refractivity contribution in [2.24, 2.45) is 5.73 Å². The second-order valence-corrected chi connectivity index (χ2v) is 4.51. The molecule has 3 N–H and O–H groups in total. The number of amides is 1. The van der Waals surface area contributed by atoms with Crippen LogP contribution >= 0.6 is 12.4 Å². The Kier molecular flexibility index (Phi) is 8.34. The number of carbonyl (C=O) groups is 1. The largest absolute Gasteiger partial charge is 0.350 e. The summed E-state index contributed by atoms with van der Waals surface area (Å²) in [6, 6.07) is 7.94. The minimum absolute atomic E-state index is 0. The van der Waals surface area contributed by atoms with Crippen molar-refractivity contribution in [1.29, 1.82) is 0 Å². The van der Waals surface area contributed by atoms with Gasteiger partial charge in [0.2, 0.25) is 5.91 Å². The zero-order chi connectivity index (χ0) is 14.3. The van der Waals surface area contributed by atoms with Crippen LogP contribution in [0.5, 0.6) is 0 Å². The average molecular weight is 307 g/mol. The quantitative estimate of drug-likeness (QED) is 0.812. The number of hydrogen-bond acceptors (Lipinski definition) is 2. The van der Waals surface area contributed by atoms with E-state index in [0.29, 0.717) is 6.42 Å². The van der Waals surface area contributed by atoms with Crippen LogP contribution < -0.4 is 11.1 Å². The highest BCUT2D eigenvalue weighted by Crippen LogP contribution is 2.10. The normalized spacial score (nSPS) is 10.8. The minimum Gasteiger partial charge on any atom is -0.350 e. The number of carbonyl (C=O) groups excluding carboxylic acids is 1. The maximum atomic E-state index is 12.8. The van der Waals surface area contributed by atoms with E-state index < -0.39 is 19.0 Å². The van der Waals surface area contributed by atoms with E-state index in [1.807, 2.05) is 24.3 Å². The molecule has 0 saturated heterocycles. The molecular formula is C14H21ClF2N2O. The van der Waals surface area contributed by atoms with Crippen molar-refractivity contribution in [1.82, 2.24) is 5.32 Å². The minimum atomic E-state index is -3.03. The number of hydrogen-bond donors (Lipinski definition) is 2. The van der Waals surface area contributed by atoms with E-state index in [-0.39, 0.29) is 24.7 Å². The molecule has 6 heteroatoms. The van der Waals surface area contributed by atoms with Crippen LogP contribution in [0.1, 0.15) is 24.5 Å². The Balaban J connectivity index is 0.00000361. The van der Waals surface area contributed by atoms with Crippen LogP contribution in [0.15, 0.2) is 24.3 Å². The van der Waals surface area contributed by atoms with E-state index in [1.165, 1.54) is 5.56 Å². The molecule has 114 valence electrons. The van der Waals surface area contributed by atoms with Gasteiger partial charge in [-0.15, -0.1) is 12.4 Å². The number of nitrogens with two attached hydrogens (primary N) is 1. The van der Waals surface area contributed by atoms with Gasteiger partial charge in [-0.2, -0.15) is 0 Å². The Morgan fingerprint density at radius 3 is 2.30 bits per heavy atom. The number of nitrogens with one attached hydrogen (secondary N) is 1. The zero-order valence-corrected chi connectivity index (χ0v) is 12.3. The summed E-state index contributed by atoms with van der Waals surface area (Å²) in [6.07, 6.45) is 1.71. The van der Waals surface area contributed by atoms with Crippen molar-refractivity contribution in [2.45, 2.75) is 32.1 Å². The predicted octanol–water partition coefficient (Wildman–Crippen LogP) is 2.31. The predicted molar refractivity (Wildman–Crippen MR) is 78.4 cm³/mol. The average Bonchev–Trinajstić information content (AvgIpc) is 2.43. The molecule has 0 radical (unpaired) electrons. The number of halogens is 3. The Labute approximate surface area is 124 Å². The van der Waals surface area contributed by atoms with Crippen molar-refractivity contribution < 1.29 is 13.6 Å². The lowest BCUT2D eigenvalue weighted by Gasteiger charge is -2.14. The van der Waals surface area contributed by atoms with Crippen LogP contribution in [0.2, 0.25) is 0 Å². The summed E-state index contributed by atoms with van der Waals surface area (Å²) in [4.78, 5) is 11.4. The number of benzene rings is 1. The van der Waals surface area contributed by atoms with Gasteiger partial charge in [-0.3, -0.25) is 4.79 Å². The van der Waals surface area contributed by atoms with Crippen LogP contribution in [0, 0.1) is 0 Å². The highest BCUT2D eigenvalue weighted by Gasteiger charge is 2.26. The number of alkyl halides is 2. The van der Waals surface area contributed by atoms with Gasteiger partial charge in [0.05, 0.1) is 13.1 Å². The molecule has 0 aliphatic heterocycles. The van der Waals surface area contributed by atoms with Crippen molar-refractivity contribution in [2.75, 3.05) is 13.1 Å². The fourth-order valence-corrected chi connectivity index (χ4v) is 1.59. The maximum absolute atomic E-state index is 12.8. The van der Waals surface area contributed by atoms with Gasteiger partial charge in [0.1, 0.15) is 0 Å². The molecule has 0 bridgehead atoms. The molecule has 0 aliphatic carbocycles. The van der Waals surface area contributed by atoms with E-state index >= 15 is 0 Å². The smallest absolute Gasteiger partial charge is 0.277 e. The van der Waals surface area contributed by atoms with Crippen LogP contribution in [0.4, 0.5) is 8.78 Å². The molecule has 1 amide bonds. The summed E-state index contributed by atoms with van der Waals surface area (Å²) < 4.78 is 25.6. The summed E-state index contributed by atoms with van der Waals surface area (Å²) in [5.41, 5.74) is 7.14. The van der Waals surface area contributed by atoms with Gasteiger partial charge in [0.15, 0.2) is 0 Å². The maximum Gasteiger partial charge on any atom is 0.277 e. The molecule has 1 rings (SSSR count). The molecule has 0 unspecified atom stereocenters. The molecule has 0 aliphatic rings. The molecule has 20 heavy (non-hydrogen) atoms. The topological polar surface area (TPSA) is 55.1 Å². The van der Waals surface area contributed by atoms with Crippen molar-refractivity contribution in [3.8, 4) is 0 Å². The third-order valence-corrected chi connectivity index (χ3v) is 2.91. The first-order valence-corrected chi connectivity index (χ1v) is 6.39. The van der Waals surface area contributed by atoms with Gasteiger partial charge >= 0.3 is 0 Å². The highest BCUT2D eigenvalue weighted by atomic mass is 35.5. The number of rotatable bonds is 7. The third kappa shape index (κ3) is 6.82. The molecule has 1 aromatic carbocycles. The molecule has 0 saturated carbocycles. The summed E-state index contributed by atoms with van der Waals surface area (Å²) in [7, 11) is 0. The molecule has 3 nitrogen and oxygen atoms in total. The zero-order valence-electron chi connectivity index (χ0n) is 11.5. The summed E-state index contributed by atoms with van der Waals surface area (Å²) in [5, 5.41) is 2.20.